The van der Waals surface area contributed by atoms with Gasteiger partial charge in [0.05, 0.1) is 27.2 Å². The Labute approximate surface area is 80.3 Å². The highest BCUT2D eigenvalue weighted by Gasteiger charge is 2.08. The molecule has 1 nitrogen and oxygen atoms in total. The Hall–Kier alpha value is 0.0200. The Morgan fingerprint density at radius 3 is 2.27 bits per heavy atom. The van der Waals surface area contributed by atoms with Gasteiger partial charge in [-0.2, -0.15) is 0 Å². The van der Waals surface area contributed by atoms with Crippen LogP contribution in [0.4, 0.5) is 0 Å². The minimum Gasteiger partial charge on any atom is -1.00 e. The average Bonchev–Trinajstić information content (AvgIpc) is 1.84. The van der Waals surface area contributed by atoms with E-state index in [1.165, 1.54) is 0 Å². The maximum atomic E-state index is 5.39. The predicted molar refractivity (Wildman–Crippen MR) is 47.0 cm³/mol. The molecule has 0 atom stereocenters. The molecule has 0 saturated carbocycles. The van der Waals surface area contributed by atoms with E-state index in [0.717, 1.165) is 17.6 Å². The summed E-state index contributed by atoms with van der Waals surface area (Å²) in [7, 11) is 4.27. The van der Waals surface area contributed by atoms with Crippen molar-refractivity contribution in [2.45, 2.75) is 0 Å². The predicted octanol–water partition coefficient (Wildman–Crippen LogP) is -0.995. The number of rotatable bonds is 4. The fourth-order valence-electron chi connectivity index (χ4n) is 0.749. The second kappa shape index (κ2) is 6.71. The first-order valence-corrected chi connectivity index (χ1v) is 3.74. The molecule has 0 rings (SSSR count). The van der Waals surface area contributed by atoms with E-state index in [9.17, 15) is 0 Å². The smallest absolute Gasteiger partial charge is 0.0983 e. The van der Waals surface area contributed by atoms with Crippen LogP contribution in [0.5, 0.6) is 0 Å². The summed E-state index contributed by atoms with van der Waals surface area (Å²) >= 11 is 5.39. The molecule has 0 N–H and O–H groups in total. The van der Waals surface area contributed by atoms with E-state index in [0.29, 0.717) is 0 Å². The van der Waals surface area contributed by atoms with E-state index in [1.54, 1.807) is 5.54 Å². The first kappa shape index (κ1) is 13.6. The number of likely N-dealkylation sites (N-methyl/N-ethyl adjacent to an activating group) is 1. The van der Waals surface area contributed by atoms with Crippen LogP contribution in [0, 0.1) is 0 Å². The van der Waals surface area contributed by atoms with E-state index in [1.807, 2.05) is 12.2 Å². The Bertz CT molecular complexity index is 130. The van der Waals surface area contributed by atoms with Gasteiger partial charge >= 0.3 is 0 Å². The Morgan fingerprint density at radius 1 is 1.36 bits per heavy atom. The van der Waals surface area contributed by atoms with Crippen molar-refractivity contribution in [3.8, 4) is 0 Å². The van der Waals surface area contributed by atoms with Gasteiger partial charge in [0.1, 0.15) is 0 Å². The first-order valence-electron chi connectivity index (χ1n) is 3.30. The van der Waals surface area contributed by atoms with Crippen molar-refractivity contribution in [2.24, 2.45) is 0 Å². The van der Waals surface area contributed by atoms with Gasteiger partial charge in [-0.3, -0.25) is 0 Å². The maximum absolute atomic E-state index is 5.39. The standard InChI is InChI=1S/C8H15ClN.ClH/c1-4-7-10(2,3)8-5-6-9;/h4-6H,1,7-8H2,2-3H3;1H/q+1;/p-1. The van der Waals surface area contributed by atoms with Crippen molar-refractivity contribution < 1.29 is 16.9 Å². The van der Waals surface area contributed by atoms with Crippen LogP contribution < -0.4 is 12.4 Å². The van der Waals surface area contributed by atoms with E-state index in [-0.39, 0.29) is 12.4 Å². The van der Waals surface area contributed by atoms with Crippen molar-refractivity contribution in [1.82, 2.24) is 0 Å². The van der Waals surface area contributed by atoms with Crippen LogP contribution in [0.15, 0.2) is 24.3 Å². The molecule has 66 valence electrons. The molecule has 0 unspecified atom stereocenters. The Balaban J connectivity index is 0. The summed E-state index contributed by atoms with van der Waals surface area (Å²) in [4.78, 5) is 0. The van der Waals surface area contributed by atoms with Crippen molar-refractivity contribution in [3.05, 3.63) is 24.3 Å². The fraction of sp³-hybridized carbons (Fsp3) is 0.500. The van der Waals surface area contributed by atoms with E-state index in [2.05, 4.69) is 20.7 Å². The lowest BCUT2D eigenvalue weighted by Gasteiger charge is -2.26. The highest BCUT2D eigenvalue weighted by Crippen LogP contribution is 1.97. The fourth-order valence-corrected chi connectivity index (χ4v) is 0.829. The monoisotopic (exact) mass is 195 g/mol. The molecule has 0 fully saturated rings. The topological polar surface area (TPSA) is 0 Å². The van der Waals surface area contributed by atoms with Gasteiger partial charge in [0.2, 0.25) is 0 Å². The van der Waals surface area contributed by atoms with Crippen LogP contribution in [0.25, 0.3) is 0 Å². The third kappa shape index (κ3) is 7.92. The zero-order valence-electron chi connectivity index (χ0n) is 7.06. The lowest BCUT2D eigenvalue weighted by Crippen LogP contribution is -3.00. The molecule has 0 spiro atoms. The lowest BCUT2D eigenvalue weighted by molar-refractivity contribution is -0.878. The molecular weight excluding hydrogens is 181 g/mol. The minimum absolute atomic E-state index is 0. The largest absolute Gasteiger partial charge is 1.00 e. The number of quaternary nitrogens is 1. The van der Waals surface area contributed by atoms with Gasteiger partial charge in [-0.25, -0.2) is 0 Å². The third-order valence-corrected chi connectivity index (χ3v) is 1.49. The van der Waals surface area contributed by atoms with Gasteiger partial charge < -0.3 is 16.9 Å². The van der Waals surface area contributed by atoms with Crippen molar-refractivity contribution >= 4 is 11.6 Å². The summed E-state index contributed by atoms with van der Waals surface area (Å²) in [6.07, 6.45) is 3.87. The first-order chi connectivity index (χ1) is 4.62. The molecule has 0 aliphatic carbocycles. The summed E-state index contributed by atoms with van der Waals surface area (Å²) in [5, 5.41) is 0. The quantitative estimate of drug-likeness (QED) is 0.400. The SMILES string of the molecule is C=CC[N+](C)(C)CC=CCl.[Cl-]. The van der Waals surface area contributed by atoms with E-state index < -0.39 is 0 Å². The number of hydrogen-bond donors (Lipinski definition) is 0. The van der Waals surface area contributed by atoms with Crippen molar-refractivity contribution in [3.63, 3.8) is 0 Å². The van der Waals surface area contributed by atoms with Crippen LogP contribution in [-0.4, -0.2) is 31.7 Å². The molecule has 0 aliphatic heterocycles. The summed E-state index contributed by atoms with van der Waals surface area (Å²) in [6.45, 7) is 5.61. The Kier molecular flexibility index (Phi) is 8.30. The highest BCUT2D eigenvalue weighted by atomic mass is 35.5. The molecule has 0 amide bonds. The molecule has 0 heterocycles. The molecule has 0 aromatic rings. The summed E-state index contributed by atoms with van der Waals surface area (Å²) in [5.41, 5.74) is 1.56. The normalized spacial score (nSPS) is 11.2. The second-order valence-corrected chi connectivity index (χ2v) is 3.20. The summed E-state index contributed by atoms with van der Waals surface area (Å²) < 4.78 is 0.909. The molecule has 0 saturated heterocycles. The van der Waals surface area contributed by atoms with Gasteiger partial charge in [0, 0.05) is 5.54 Å². The van der Waals surface area contributed by atoms with E-state index in [4.69, 9.17) is 11.6 Å². The number of hydrogen-bond acceptors (Lipinski definition) is 0. The molecule has 0 aromatic carbocycles. The molecule has 0 radical (unpaired) electrons. The molecule has 3 heteroatoms. The summed E-state index contributed by atoms with van der Waals surface area (Å²) in [6, 6.07) is 0. The third-order valence-electron chi connectivity index (χ3n) is 1.31. The van der Waals surface area contributed by atoms with Gasteiger partial charge in [-0.05, 0) is 12.2 Å². The minimum atomic E-state index is 0. The van der Waals surface area contributed by atoms with Crippen LogP contribution >= 0.6 is 11.6 Å². The molecule has 0 bridgehead atoms. The zero-order valence-corrected chi connectivity index (χ0v) is 8.57. The van der Waals surface area contributed by atoms with E-state index >= 15 is 0 Å². The second-order valence-electron chi connectivity index (χ2n) is 2.95. The van der Waals surface area contributed by atoms with Crippen LogP contribution in [0.2, 0.25) is 0 Å². The molecule has 0 aliphatic rings. The average molecular weight is 196 g/mol. The van der Waals surface area contributed by atoms with Crippen LogP contribution in [0.3, 0.4) is 0 Å². The Morgan fingerprint density at radius 2 is 1.91 bits per heavy atom. The number of nitrogens with zero attached hydrogens (tertiary/aromatic N) is 1. The lowest BCUT2D eigenvalue weighted by atomic mass is 10.4. The van der Waals surface area contributed by atoms with Crippen molar-refractivity contribution in [2.75, 3.05) is 27.2 Å². The molecule has 11 heavy (non-hydrogen) atoms. The van der Waals surface area contributed by atoms with Crippen LogP contribution in [0.1, 0.15) is 0 Å². The van der Waals surface area contributed by atoms with Crippen LogP contribution in [-0.2, 0) is 0 Å². The molecular formula is C8H15Cl2N. The summed E-state index contributed by atoms with van der Waals surface area (Å²) in [5.74, 6) is 0. The van der Waals surface area contributed by atoms with Gasteiger partial charge in [-0.1, -0.05) is 18.2 Å². The van der Waals surface area contributed by atoms with Gasteiger partial charge in [-0.15, -0.1) is 0 Å². The highest BCUT2D eigenvalue weighted by molar-refractivity contribution is 6.25. The zero-order chi connectivity index (χ0) is 8.04. The number of halogens is 2. The van der Waals surface area contributed by atoms with Gasteiger partial charge in [0.15, 0.2) is 0 Å². The van der Waals surface area contributed by atoms with Crippen molar-refractivity contribution in [1.29, 1.82) is 0 Å². The molecule has 0 aromatic heterocycles. The maximum Gasteiger partial charge on any atom is 0.0983 e. The van der Waals surface area contributed by atoms with Gasteiger partial charge in [0.25, 0.3) is 0 Å².